The van der Waals surface area contributed by atoms with E-state index < -0.39 is 17.8 Å². The number of amides is 2. The van der Waals surface area contributed by atoms with E-state index in [9.17, 15) is 19.5 Å². The van der Waals surface area contributed by atoms with Crippen molar-refractivity contribution >= 4 is 29.2 Å². The Hall–Kier alpha value is -2.63. The second-order valence-corrected chi connectivity index (χ2v) is 6.63. The first-order chi connectivity index (χ1) is 11.7. The Kier molecular flexibility index (Phi) is 5.62. The number of hydrogen-bond acceptors (Lipinski definition) is 3. The molecule has 2 amide bonds. The van der Waals surface area contributed by atoms with Gasteiger partial charge in [-0.15, -0.1) is 0 Å². The molecule has 0 saturated carbocycles. The van der Waals surface area contributed by atoms with E-state index in [0.29, 0.717) is 18.5 Å². The summed E-state index contributed by atoms with van der Waals surface area (Å²) in [6.07, 6.45) is 0.862. The average Bonchev–Trinajstić information content (AvgIpc) is 2.56. The molecule has 2 rings (SSSR count). The van der Waals surface area contributed by atoms with Crippen molar-refractivity contribution in [2.24, 2.45) is 11.8 Å². The molecule has 0 spiro atoms. The third kappa shape index (κ3) is 4.26. The highest BCUT2D eigenvalue weighted by atomic mass is 16.4. The number of anilines is 2. The van der Waals surface area contributed by atoms with Gasteiger partial charge in [-0.1, -0.05) is 11.1 Å². The molecule has 2 atom stereocenters. The number of carboxylic acid groups (broad SMARTS) is 1. The van der Waals surface area contributed by atoms with Gasteiger partial charge < -0.3 is 15.3 Å². The first-order valence-electron chi connectivity index (χ1n) is 8.24. The van der Waals surface area contributed by atoms with Crippen molar-refractivity contribution in [2.75, 3.05) is 17.3 Å². The normalized spacial score (nSPS) is 20.2. The largest absolute Gasteiger partial charge is 0.481 e. The molecule has 25 heavy (non-hydrogen) atoms. The van der Waals surface area contributed by atoms with Gasteiger partial charge in [0.1, 0.15) is 0 Å². The highest BCUT2D eigenvalue weighted by molar-refractivity contribution is 5.96. The molecule has 0 aliphatic heterocycles. The standard InChI is InChI=1S/C19H24N2O4/c1-11-9-16(17(19(24)25)10-12(11)2)18(23)20-14-5-7-15(8-6-14)21(4)13(3)22/h5-8,16-17H,9-10H2,1-4H3,(H,20,23)(H,24,25)/t16-,17-/m0/s1. The Bertz CT molecular complexity index is 721. The lowest BCUT2D eigenvalue weighted by Crippen LogP contribution is -2.36. The minimum Gasteiger partial charge on any atom is -0.481 e. The fourth-order valence-corrected chi connectivity index (χ4v) is 3.01. The maximum atomic E-state index is 12.6. The van der Waals surface area contributed by atoms with Crippen molar-refractivity contribution in [1.29, 1.82) is 0 Å². The van der Waals surface area contributed by atoms with Crippen molar-refractivity contribution in [1.82, 2.24) is 0 Å². The number of allylic oxidation sites excluding steroid dienone is 2. The van der Waals surface area contributed by atoms with Gasteiger partial charge in [-0.2, -0.15) is 0 Å². The molecule has 1 aromatic carbocycles. The van der Waals surface area contributed by atoms with E-state index in [4.69, 9.17) is 0 Å². The summed E-state index contributed by atoms with van der Waals surface area (Å²) in [4.78, 5) is 37.0. The monoisotopic (exact) mass is 344 g/mol. The summed E-state index contributed by atoms with van der Waals surface area (Å²) >= 11 is 0. The minimum atomic E-state index is -0.939. The third-order valence-electron chi connectivity index (χ3n) is 4.91. The van der Waals surface area contributed by atoms with Crippen LogP contribution in [0.25, 0.3) is 0 Å². The molecule has 6 heteroatoms. The molecule has 1 aliphatic carbocycles. The first kappa shape index (κ1) is 18.7. The van der Waals surface area contributed by atoms with Crippen molar-refractivity contribution < 1.29 is 19.5 Å². The summed E-state index contributed by atoms with van der Waals surface area (Å²) in [7, 11) is 1.67. The van der Waals surface area contributed by atoms with Crippen molar-refractivity contribution in [3.05, 3.63) is 35.4 Å². The van der Waals surface area contributed by atoms with Gasteiger partial charge >= 0.3 is 5.97 Å². The van der Waals surface area contributed by atoms with Crippen molar-refractivity contribution in [3.8, 4) is 0 Å². The molecule has 2 N–H and O–H groups in total. The van der Waals surface area contributed by atoms with Crippen LogP contribution in [0.4, 0.5) is 11.4 Å². The van der Waals surface area contributed by atoms with Crippen LogP contribution in [0, 0.1) is 11.8 Å². The van der Waals surface area contributed by atoms with Gasteiger partial charge in [0.05, 0.1) is 11.8 Å². The van der Waals surface area contributed by atoms with Crippen molar-refractivity contribution in [3.63, 3.8) is 0 Å². The molecule has 0 radical (unpaired) electrons. The van der Waals surface area contributed by atoms with E-state index in [1.54, 1.807) is 31.3 Å². The fraction of sp³-hybridized carbons (Fsp3) is 0.421. The summed E-state index contributed by atoms with van der Waals surface area (Å²) in [6.45, 7) is 5.34. The Balaban J connectivity index is 2.13. The molecule has 1 aliphatic rings. The number of aliphatic carboxylic acids is 1. The van der Waals surface area contributed by atoms with Crippen LogP contribution in [0.15, 0.2) is 35.4 Å². The van der Waals surface area contributed by atoms with Crippen LogP contribution in [0.3, 0.4) is 0 Å². The van der Waals surface area contributed by atoms with Gasteiger partial charge in [-0.25, -0.2) is 0 Å². The Morgan fingerprint density at radius 3 is 2.04 bits per heavy atom. The van der Waals surface area contributed by atoms with E-state index in [2.05, 4.69) is 5.32 Å². The van der Waals surface area contributed by atoms with Gasteiger partial charge in [0, 0.05) is 25.3 Å². The summed E-state index contributed by atoms with van der Waals surface area (Å²) in [5, 5.41) is 12.2. The smallest absolute Gasteiger partial charge is 0.307 e. The molecule has 0 heterocycles. The van der Waals surface area contributed by atoms with E-state index >= 15 is 0 Å². The second-order valence-electron chi connectivity index (χ2n) is 6.63. The minimum absolute atomic E-state index is 0.0825. The number of nitrogens with zero attached hydrogens (tertiary/aromatic N) is 1. The SMILES string of the molecule is CC(=O)N(C)c1ccc(NC(=O)[C@H]2CC(C)=C(C)C[C@@H]2C(=O)O)cc1. The van der Waals surface area contributed by atoms with Crippen LogP contribution >= 0.6 is 0 Å². The van der Waals surface area contributed by atoms with Crippen LogP contribution in [0.2, 0.25) is 0 Å². The van der Waals surface area contributed by atoms with Crippen LogP contribution in [-0.2, 0) is 14.4 Å². The predicted molar refractivity (Wildman–Crippen MR) is 96.4 cm³/mol. The van der Waals surface area contributed by atoms with Gasteiger partial charge in [-0.05, 0) is 51.0 Å². The molecule has 0 fully saturated rings. The number of rotatable bonds is 4. The number of benzene rings is 1. The maximum Gasteiger partial charge on any atom is 0.307 e. The summed E-state index contributed by atoms with van der Waals surface area (Å²) in [6, 6.07) is 6.89. The summed E-state index contributed by atoms with van der Waals surface area (Å²) in [5.41, 5.74) is 3.43. The molecule has 134 valence electrons. The topological polar surface area (TPSA) is 86.7 Å². The molecule has 1 aromatic rings. The third-order valence-corrected chi connectivity index (χ3v) is 4.91. The van der Waals surface area contributed by atoms with Crippen LogP contribution in [-0.4, -0.2) is 29.9 Å². The zero-order valence-electron chi connectivity index (χ0n) is 15.0. The number of nitrogens with one attached hydrogen (secondary N) is 1. The molecular weight excluding hydrogens is 320 g/mol. The van der Waals surface area contributed by atoms with Crippen LogP contribution in [0.1, 0.15) is 33.6 Å². The van der Waals surface area contributed by atoms with E-state index in [1.807, 2.05) is 13.8 Å². The second kappa shape index (κ2) is 7.51. The maximum absolute atomic E-state index is 12.6. The summed E-state index contributed by atoms with van der Waals surface area (Å²) in [5.74, 6) is -2.59. The van der Waals surface area contributed by atoms with Gasteiger partial charge in [0.25, 0.3) is 0 Å². The lowest BCUT2D eigenvalue weighted by Gasteiger charge is -2.29. The van der Waals surface area contributed by atoms with Gasteiger partial charge in [0.2, 0.25) is 11.8 Å². The molecular formula is C19H24N2O4. The highest BCUT2D eigenvalue weighted by Gasteiger charge is 2.37. The number of carboxylic acids is 1. The Morgan fingerprint density at radius 2 is 1.56 bits per heavy atom. The Labute approximate surface area is 147 Å². The van der Waals surface area contributed by atoms with E-state index in [0.717, 1.165) is 16.8 Å². The summed E-state index contributed by atoms with van der Waals surface area (Å²) < 4.78 is 0. The fourth-order valence-electron chi connectivity index (χ4n) is 3.01. The molecule has 0 unspecified atom stereocenters. The zero-order chi connectivity index (χ0) is 18.7. The van der Waals surface area contributed by atoms with Crippen LogP contribution < -0.4 is 10.2 Å². The van der Waals surface area contributed by atoms with E-state index in [1.165, 1.54) is 11.8 Å². The molecule has 0 saturated heterocycles. The van der Waals surface area contributed by atoms with Gasteiger partial charge in [-0.3, -0.25) is 14.4 Å². The Morgan fingerprint density at radius 1 is 1.04 bits per heavy atom. The number of carbonyl (C=O) groups is 3. The molecule has 0 bridgehead atoms. The lowest BCUT2D eigenvalue weighted by molar-refractivity contribution is -0.146. The van der Waals surface area contributed by atoms with Gasteiger partial charge in [0.15, 0.2) is 0 Å². The van der Waals surface area contributed by atoms with Crippen molar-refractivity contribution in [2.45, 2.75) is 33.6 Å². The van der Waals surface area contributed by atoms with E-state index in [-0.39, 0.29) is 11.8 Å². The lowest BCUT2D eigenvalue weighted by atomic mass is 9.76. The predicted octanol–water partition coefficient (Wildman–Crippen LogP) is 3.06. The molecule has 0 aromatic heterocycles. The average molecular weight is 344 g/mol. The zero-order valence-corrected chi connectivity index (χ0v) is 15.0. The highest BCUT2D eigenvalue weighted by Crippen LogP contribution is 2.35. The molecule has 6 nitrogen and oxygen atoms in total. The van der Waals surface area contributed by atoms with Crippen LogP contribution in [0.5, 0.6) is 0 Å². The number of hydrogen-bond donors (Lipinski definition) is 2. The number of carbonyl (C=O) groups excluding carboxylic acids is 2. The quantitative estimate of drug-likeness (QED) is 0.822. The first-order valence-corrected chi connectivity index (χ1v) is 8.24.